The Morgan fingerprint density at radius 2 is 2.11 bits per heavy atom. The van der Waals surface area contributed by atoms with Crippen LogP contribution in [-0.4, -0.2) is 17.1 Å². The summed E-state index contributed by atoms with van der Waals surface area (Å²) < 4.78 is 6.37. The Morgan fingerprint density at radius 1 is 1.32 bits per heavy atom. The van der Waals surface area contributed by atoms with E-state index in [1.807, 2.05) is 32.0 Å². The maximum atomic E-state index is 5.35. The average Bonchev–Trinajstić information content (AvgIpc) is 2.40. The Labute approximate surface area is 121 Å². The van der Waals surface area contributed by atoms with Crippen LogP contribution in [0, 0.1) is 13.8 Å². The number of ether oxygens (including phenoxy) is 1. The first-order chi connectivity index (χ1) is 9.10. The molecule has 5 heteroatoms. The fraction of sp³-hybridized carbons (Fsp3) is 0.286. The molecule has 0 aliphatic carbocycles. The Kier molecular flexibility index (Phi) is 4.37. The molecule has 2 aromatic rings. The van der Waals surface area contributed by atoms with Crippen LogP contribution >= 0.6 is 15.9 Å². The number of aryl methyl sites for hydroxylation is 2. The predicted molar refractivity (Wildman–Crippen MR) is 79.5 cm³/mol. The predicted octanol–water partition coefficient (Wildman–Crippen LogP) is 3.48. The van der Waals surface area contributed by atoms with Gasteiger partial charge >= 0.3 is 0 Å². The van der Waals surface area contributed by atoms with Crippen molar-refractivity contribution in [1.29, 1.82) is 0 Å². The third-order valence-electron chi connectivity index (χ3n) is 2.76. The molecule has 0 unspecified atom stereocenters. The van der Waals surface area contributed by atoms with Gasteiger partial charge in [0, 0.05) is 22.8 Å². The van der Waals surface area contributed by atoms with Crippen molar-refractivity contribution in [2.24, 2.45) is 0 Å². The van der Waals surface area contributed by atoms with Gasteiger partial charge in [0.05, 0.1) is 18.5 Å². The van der Waals surface area contributed by atoms with Gasteiger partial charge in [-0.3, -0.25) is 4.98 Å². The molecule has 0 bridgehead atoms. The van der Waals surface area contributed by atoms with E-state index in [9.17, 15) is 0 Å². The number of methoxy groups -OCH3 is 1. The molecular formula is C14H16BrN3O. The first-order valence-corrected chi connectivity index (χ1v) is 6.76. The summed E-state index contributed by atoms with van der Waals surface area (Å²) in [7, 11) is 1.67. The van der Waals surface area contributed by atoms with Gasteiger partial charge in [-0.2, -0.15) is 0 Å². The van der Waals surface area contributed by atoms with Crippen LogP contribution in [0.5, 0.6) is 5.75 Å². The molecule has 0 atom stereocenters. The third kappa shape index (κ3) is 3.44. The number of halogens is 1. The fourth-order valence-corrected chi connectivity index (χ4v) is 2.18. The minimum absolute atomic E-state index is 0.640. The van der Waals surface area contributed by atoms with Gasteiger partial charge in [-0.1, -0.05) is 15.9 Å². The number of nitrogens with zero attached hydrogens (tertiary/aromatic N) is 2. The van der Waals surface area contributed by atoms with Gasteiger partial charge in [0.25, 0.3) is 0 Å². The van der Waals surface area contributed by atoms with Crippen molar-refractivity contribution >= 4 is 21.7 Å². The summed E-state index contributed by atoms with van der Waals surface area (Å²) in [6.07, 6.45) is 1.76. The lowest BCUT2D eigenvalue weighted by Crippen LogP contribution is -2.06. The molecule has 0 saturated carbocycles. The van der Waals surface area contributed by atoms with Crippen LogP contribution in [0.4, 0.5) is 5.82 Å². The maximum Gasteiger partial charge on any atom is 0.148 e. The highest BCUT2D eigenvalue weighted by molar-refractivity contribution is 9.10. The first kappa shape index (κ1) is 13.8. The molecule has 100 valence electrons. The lowest BCUT2D eigenvalue weighted by Gasteiger charge is -2.12. The molecule has 0 amide bonds. The van der Waals surface area contributed by atoms with Gasteiger partial charge in [-0.05, 0) is 32.0 Å². The molecule has 0 aliphatic rings. The molecule has 4 nitrogen and oxygen atoms in total. The molecular weight excluding hydrogens is 306 g/mol. The largest absolute Gasteiger partial charge is 0.496 e. The van der Waals surface area contributed by atoms with Crippen LogP contribution in [0.1, 0.15) is 17.0 Å². The fourth-order valence-electron chi connectivity index (χ4n) is 1.77. The summed E-state index contributed by atoms with van der Waals surface area (Å²) in [5, 5.41) is 3.30. The summed E-state index contributed by atoms with van der Waals surface area (Å²) in [4.78, 5) is 8.73. The monoisotopic (exact) mass is 321 g/mol. The van der Waals surface area contributed by atoms with E-state index in [0.717, 1.165) is 33.0 Å². The minimum Gasteiger partial charge on any atom is -0.496 e. The second-order valence-corrected chi connectivity index (χ2v) is 5.17. The van der Waals surface area contributed by atoms with Crippen molar-refractivity contribution < 1.29 is 4.74 Å². The number of hydrogen-bond acceptors (Lipinski definition) is 4. The molecule has 1 heterocycles. The maximum absolute atomic E-state index is 5.35. The molecule has 1 N–H and O–H groups in total. The van der Waals surface area contributed by atoms with E-state index in [2.05, 4.69) is 31.2 Å². The van der Waals surface area contributed by atoms with Gasteiger partial charge in [0.2, 0.25) is 0 Å². The number of nitrogens with one attached hydrogen (secondary N) is 1. The van der Waals surface area contributed by atoms with E-state index in [4.69, 9.17) is 4.74 Å². The van der Waals surface area contributed by atoms with Crippen LogP contribution in [-0.2, 0) is 6.54 Å². The number of benzene rings is 1. The lowest BCUT2D eigenvalue weighted by molar-refractivity contribution is 0.410. The summed E-state index contributed by atoms with van der Waals surface area (Å²) in [6.45, 7) is 4.51. The van der Waals surface area contributed by atoms with Gasteiger partial charge in [0.1, 0.15) is 11.6 Å². The molecule has 0 radical (unpaired) electrons. The Balaban J connectivity index is 2.18. The van der Waals surface area contributed by atoms with E-state index in [1.165, 1.54) is 0 Å². The smallest absolute Gasteiger partial charge is 0.148 e. The Bertz CT molecular complexity index is 587. The summed E-state index contributed by atoms with van der Waals surface area (Å²) in [6, 6.07) is 5.93. The molecule has 1 aromatic carbocycles. The van der Waals surface area contributed by atoms with Gasteiger partial charge < -0.3 is 10.1 Å². The second-order valence-electron chi connectivity index (χ2n) is 4.26. The molecule has 0 aliphatic heterocycles. The van der Waals surface area contributed by atoms with Crippen LogP contribution in [0.3, 0.4) is 0 Å². The normalized spacial score (nSPS) is 10.3. The van der Waals surface area contributed by atoms with E-state index >= 15 is 0 Å². The Morgan fingerprint density at radius 3 is 2.84 bits per heavy atom. The average molecular weight is 322 g/mol. The van der Waals surface area contributed by atoms with Crippen molar-refractivity contribution in [1.82, 2.24) is 9.97 Å². The van der Waals surface area contributed by atoms with E-state index in [1.54, 1.807) is 13.3 Å². The van der Waals surface area contributed by atoms with Crippen molar-refractivity contribution in [2.75, 3.05) is 12.4 Å². The Hall–Kier alpha value is -1.62. The van der Waals surface area contributed by atoms with Crippen LogP contribution in [0.25, 0.3) is 0 Å². The standard InChI is InChI=1S/C14H16BrN3O/c1-9-7-16-10(2)14(18-9)17-8-11-6-12(15)4-5-13(11)19-3/h4-7H,8H2,1-3H3,(H,17,18). The minimum atomic E-state index is 0.640. The lowest BCUT2D eigenvalue weighted by atomic mass is 10.2. The van der Waals surface area contributed by atoms with E-state index in [-0.39, 0.29) is 0 Å². The molecule has 0 fully saturated rings. The number of aromatic nitrogens is 2. The second kappa shape index (κ2) is 6.02. The highest BCUT2D eigenvalue weighted by atomic mass is 79.9. The SMILES string of the molecule is COc1ccc(Br)cc1CNc1nc(C)cnc1C. The molecule has 0 saturated heterocycles. The van der Waals surface area contributed by atoms with Crippen LogP contribution < -0.4 is 10.1 Å². The zero-order valence-corrected chi connectivity index (χ0v) is 12.8. The number of rotatable bonds is 4. The third-order valence-corrected chi connectivity index (χ3v) is 3.26. The highest BCUT2D eigenvalue weighted by Crippen LogP contribution is 2.24. The summed E-state index contributed by atoms with van der Waals surface area (Å²) in [5.74, 6) is 1.66. The molecule has 2 rings (SSSR count). The van der Waals surface area contributed by atoms with E-state index in [0.29, 0.717) is 6.54 Å². The van der Waals surface area contributed by atoms with Crippen molar-refractivity contribution in [3.05, 3.63) is 45.8 Å². The topological polar surface area (TPSA) is 47.0 Å². The van der Waals surface area contributed by atoms with Crippen molar-refractivity contribution in [3.8, 4) is 5.75 Å². The number of hydrogen-bond donors (Lipinski definition) is 1. The zero-order valence-electron chi connectivity index (χ0n) is 11.2. The molecule has 19 heavy (non-hydrogen) atoms. The van der Waals surface area contributed by atoms with Crippen LogP contribution in [0.15, 0.2) is 28.9 Å². The molecule has 1 aromatic heterocycles. The highest BCUT2D eigenvalue weighted by Gasteiger charge is 2.06. The van der Waals surface area contributed by atoms with Crippen molar-refractivity contribution in [3.63, 3.8) is 0 Å². The van der Waals surface area contributed by atoms with Crippen molar-refractivity contribution in [2.45, 2.75) is 20.4 Å². The summed E-state index contributed by atoms with van der Waals surface area (Å²) in [5.41, 5.74) is 2.86. The zero-order chi connectivity index (χ0) is 13.8. The first-order valence-electron chi connectivity index (χ1n) is 5.96. The molecule has 0 spiro atoms. The van der Waals surface area contributed by atoms with Gasteiger partial charge in [0.15, 0.2) is 0 Å². The van der Waals surface area contributed by atoms with Gasteiger partial charge in [-0.25, -0.2) is 4.98 Å². The van der Waals surface area contributed by atoms with Crippen LogP contribution in [0.2, 0.25) is 0 Å². The number of anilines is 1. The quantitative estimate of drug-likeness (QED) is 0.936. The van der Waals surface area contributed by atoms with E-state index < -0.39 is 0 Å². The van der Waals surface area contributed by atoms with Gasteiger partial charge in [-0.15, -0.1) is 0 Å². The summed E-state index contributed by atoms with van der Waals surface area (Å²) >= 11 is 3.47.